The number of rotatable bonds is 10. The van der Waals surface area contributed by atoms with Crippen LogP contribution in [-0.2, 0) is 35.4 Å². The minimum Gasteiger partial charge on any atom is -0.542 e. The molecule has 16 nitrogen and oxygen atoms in total. The van der Waals surface area contributed by atoms with Crippen molar-refractivity contribution in [1.29, 1.82) is 0 Å². The summed E-state index contributed by atoms with van der Waals surface area (Å²) in [6.45, 7) is 0.942. The summed E-state index contributed by atoms with van der Waals surface area (Å²) in [6.07, 6.45) is -6.09. The van der Waals surface area contributed by atoms with Crippen molar-refractivity contribution in [3.8, 4) is 0 Å². The number of aliphatic carboxylic acids is 3. The average molecular weight is 746 g/mol. The summed E-state index contributed by atoms with van der Waals surface area (Å²) in [4.78, 5) is 66.3. The van der Waals surface area contributed by atoms with Crippen LogP contribution in [0.3, 0.4) is 0 Å². The Balaban J connectivity index is 0.000000500. The van der Waals surface area contributed by atoms with Crippen LogP contribution >= 0.6 is 23.1 Å². The maximum absolute atomic E-state index is 13.0. The highest BCUT2D eigenvalue weighted by Gasteiger charge is 2.54. The van der Waals surface area contributed by atoms with Crippen molar-refractivity contribution < 1.29 is 75.0 Å². The van der Waals surface area contributed by atoms with Crippen molar-refractivity contribution in [2.24, 2.45) is 10.9 Å². The zero-order valence-corrected chi connectivity index (χ0v) is 26.1. The Bertz CT molecular complexity index is 1560. The zero-order valence-electron chi connectivity index (χ0n) is 24.4. The summed E-state index contributed by atoms with van der Waals surface area (Å²) in [5, 5.41) is 33.6. The molecule has 4 heterocycles. The minimum absolute atomic E-state index is 0.0492. The van der Waals surface area contributed by atoms with Crippen LogP contribution in [0.1, 0.15) is 12.1 Å². The number of halogens is 6. The Morgan fingerprint density at radius 1 is 1.12 bits per heavy atom. The molecule has 2 amide bonds. The molecule has 0 aromatic carbocycles. The number of thioether (sulfide) groups is 1. The zero-order chi connectivity index (χ0) is 37.1. The molecule has 2 aliphatic rings. The number of nitrogens with one attached hydrogen (secondary N) is 1. The number of carboxylic acids is 3. The number of oxime groups is 1. The SMILES string of the molecule is NCCCO/N=C(\C(=O)N[C@@H]1C(=O)N2C(C(=O)O)=C(C[n+]3ccccc3)CS[C@@H]12)c1csc(N)n1.O=C(O)C(F)(F)F.O=C([O-])C(F)(F)F. The largest absolute Gasteiger partial charge is 0.542 e. The lowest BCUT2D eigenvalue weighted by atomic mass is 10.0. The molecule has 268 valence electrons. The van der Waals surface area contributed by atoms with Crippen molar-refractivity contribution in [2.75, 3.05) is 24.6 Å². The fourth-order valence-electron chi connectivity index (χ4n) is 3.63. The second kappa shape index (κ2) is 17.4. The Kier molecular flexibility index (Phi) is 14.3. The molecule has 2 aromatic rings. The number of alkyl halides is 6. The molecule has 0 radical (unpaired) electrons. The van der Waals surface area contributed by atoms with Gasteiger partial charge in [-0.15, -0.1) is 23.1 Å². The Morgan fingerprint density at radius 3 is 2.18 bits per heavy atom. The van der Waals surface area contributed by atoms with Gasteiger partial charge < -0.3 is 41.7 Å². The summed E-state index contributed by atoms with van der Waals surface area (Å²) < 4.78 is 65.1. The molecular weight excluding hydrogens is 720 g/mol. The standard InChI is InChI=1S/C21H23N7O5S2.2C2HF3O2/c22-5-4-8-33-26-14(13-11-35-21(23)24-13)17(29)25-15-18(30)28-16(20(31)32)12(10-34-19(15)28)9-27-6-2-1-3-7-27;2*3-2(4,5)1(6)7/h1-3,6-7,11,15,19H,4-5,8-10,22H2,(H3-,23,24,25,29,31,32);2*(H,6,7)/b26-14-;;/t15-,19+;;/m1../s1. The van der Waals surface area contributed by atoms with E-state index in [1.54, 1.807) is 5.38 Å². The molecule has 0 unspecified atom stereocenters. The summed E-state index contributed by atoms with van der Waals surface area (Å²) in [6, 6.07) is 4.63. The molecule has 2 atom stereocenters. The van der Waals surface area contributed by atoms with Gasteiger partial charge >= 0.3 is 24.3 Å². The molecule has 1 fully saturated rings. The summed E-state index contributed by atoms with van der Waals surface area (Å²) in [7, 11) is 0. The van der Waals surface area contributed by atoms with Crippen LogP contribution in [0.5, 0.6) is 0 Å². The minimum atomic E-state index is -5.19. The monoisotopic (exact) mass is 745 g/mol. The van der Waals surface area contributed by atoms with E-state index in [-0.39, 0.29) is 28.8 Å². The van der Waals surface area contributed by atoms with Crippen LogP contribution < -0.4 is 26.5 Å². The van der Waals surface area contributed by atoms with Gasteiger partial charge in [-0.3, -0.25) is 14.5 Å². The van der Waals surface area contributed by atoms with Crippen molar-refractivity contribution >= 4 is 63.7 Å². The predicted molar refractivity (Wildman–Crippen MR) is 154 cm³/mol. The predicted octanol–water partition coefficient (Wildman–Crippen LogP) is -0.547. The quantitative estimate of drug-likeness (QED) is 0.0512. The van der Waals surface area contributed by atoms with Crippen LogP contribution in [-0.4, -0.2) is 98.2 Å². The third-order valence-corrected chi connectivity index (χ3v) is 7.75. The number of nitrogen functional groups attached to an aromatic ring is 1. The average Bonchev–Trinajstić information content (AvgIpc) is 3.45. The number of aromatic nitrogens is 2. The van der Waals surface area contributed by atoms with Gasteiger partial charge in [-0.1, -0.05) is 11.2 Å². The van der Waals surface area contributed by atoms with Gasteiger partial charge in [-0.2, -0.15) is 26.3 Å². The van der Waals surface area contributed by atoms with E-state index in [0.29, 0.717) is 30.8 Å². The maximum atomic E-state index is 13.0. The number of pyridine rings is 1. The first kappa shape index (κ1) is 40.2. The molecule has 0 bridgehead atoms. The third-order valence-electron chi connectivity index (χ3n) is 5.74. The van der Waals surface area contributed by atoms with E-state index in [0.717, 1.165) is 11.3 Å². The summed E-state index contributed by atoms with van der Waals surface area (Å²) in [5.41, 5.74) is 11.8. The number of carboxylic acid groups (broad SMARTS) is 3. The second-order valence-electron chi connectivity index (χ2n) is 9.24. The number of anilines is 1. The molecule has 1 saturated heterocycles. The highest BCUT2D eigenvalue weighted by atomic mass is 32.2. The molecule has 0 aliphatic carbocycles. The van der Waals surface area contributed by atoms with E-state index >= 15 is 0 Å². The molecule has 24 heteroatoms. The van der Waals surface area contributed by atoms with Gasteiger partial charge in [0.25, 0.3) is 11.8 Å². The number of amides is 2. The first-order valence-electron chi connectivity index (χ1n) is 13.1. The Hall–Kier alpha value is -4.97. The van der Waals surface area contributed by atoms with Gasteiger partial charge in [0.2, 0.25) is 0 Å². The smallest absolute Gasteiger partial charge is 0.490 e. The van der Waals surface area contributed by atoms with Crippen LogP contribution in [0.25, 0.3) is 0 Å². The number of nitrogens with two attached hydrogens (primary N) is 2. The van der Waals surface area contributed by atoms with Crippen molar-refractivity contribution in [2.45, 2.75) is 36.7 Å². The van der Waals surface area contributed by atoms with Crippen LogP contribution in [0, 0.1) is 0 Å². The van der Waals surface area contributed by atoms with Crippen LogP contribution in [0.2, 0.25) is 0 Å². The van der Waals surface area contributed by atoms with Crippen molar-refractivity contribution in [1.82, 2.24) is 15.2 Å². The summed E-state index contributed by atoms with van der Waals surface area (Å²) >= 11 is 2.52. The van der Waals surface area contributed by atoms with E-state index in [4.69, 9.17) is 36.1 Å². The van der Waals surface area contributed by atoms with E-state index in [9.17, 15) is 45.8 Å². The number of nitrogens with zero attached hydrogens (tertiary/aromatic N) is 4. The molecule has 2 aliphatic heterocycles. The van der Waals surface area contributed by atoms with E-state index in [1.165, 1.54) is 16.7 Å². The van der Waals surface area contributed by atoms with Gasteiger partial charge in [-0.25, -0.2) is 19.1 Å². The first-order valence-corrected chi connectivity index (χ1v) is 15.1. The normalized spacial score (nSPS) is 17.3. The van der Waals surface area contributed by atoms with Gasteiger partial charge in [0.1, 0.15) is 35.4 Å². The number of hydrogen-bond acceptors (Lipinski definition) is 13. The molecule has 2 aromatic heterocycles. The number of thiazole rings is 1. The van der Waals surface area contributed by atoms with Crippen LogP contribution in [0.15, 0.2) is 52.4 Å². The topological polar surface area (TPSA) is 255 Å². The fourth-order valence-corrected chi connectivity index (χ4v) is 5.52. The van der Waals surface area contributed by atoms with Gasteiger partial charge in [0.05, 0.1) is 0 Å². The number of carbonyl (C=O) groups is 5. The number of carbonyl (C=O) groups excluding carboxylic acids is 3. The molecular formula is C25H25F6N7O9S2. The number of fused-ring (bicyclic) bond motifs is 1. The highest BCUT2D eigenvalue weighted by Crippen LogP contribution is 2.40. The number of hydrogen-bond donors (Lipinski definition) is 5. The maximum Gasteiger partial charge on any atom is 0.490 e. The Labute approximate surface area is 279 Å². The molecule has 0 saturated carbocycles. The lowest BCUT2D eigenvalue weighted by molar-refractivity contribution is -0.689. The fraction of sp³-hybridized carbons (Fsp3) is 0.360. The van der Waals surface area contributed by atoms with Gasteiger partial charge in [-0.05, 0) is 13.0 Å². The first-order chi connectivity index (χ1) is 22.8. The summed E-state index contributed by atoms with van der Waals surface area (Å²) in [5.74, 6) is -7.73. The van der Waals surface area contributed by atoms with Gasteiger partial charge in [0, 0.05) is 28.8 Å². The third kappa shape index (κ3) is 11.6. The van der Waals surface area contributed by atoms with E-state index < -0.39 is 53.5 Å². The van der Waals surface area contributed by atoms with Crippen molar-refractivity contribution in [3.63, 3.8) is 0 Å². The number of β-lactam (4-membered cyclic amide) rings is 1. The lowest BCUT2D eigenvalue weighted by Crippen LogP contribution is -2.71. The van der Waals surface area contributed by atoms with Crippen molar-refractivity contribution in [3.05, 3.63) is 52.9 Å². The molecule has 4 rings (SSSR count). The molecule has 49 heavy (non-hydrogen) atoms. The molecule has 7 N–H and O–H groups in total. The van der Waals surface area contributed by atoms with Gasteiger partial charge in [0.15, 0.2) is 29.8 Å². The lowest BCUT2D eigenvalue weighted by Gasteiger charge is -2.49. The molecule has 0 spiro atoms. The van der Waals surface area contributed by atoms with E-state index in [2.05, 4.69) is 15.5 Å². The van der Waals surface area contributed by atoms with Crippen LogP contribution in [0.4, 0.5) is 31.5 Å². The highest BCUT2D eigenvalue weighted by molar-refractivity contribution is 8.00. The Morgan fingerprint density at radius 2 is 1.71 bits per heavy atom. The van der Waals surface area contributed by atoms with E-state index in [1.807, 2.05) is 35.2 Å². The second-order valence-corrected chi connectivity index (χ2v) is 11.2.